The highest BCUT2D eigenvalue weighted by atomic mass is 35.5. The third-order valence-corrected chi connectivity index (χ3v) is 3.38. The van der Waals surface area contributed by atoms with Crippen LogP contribution in [0, 0.1) is 0 Å². The lowest BCUT2D eigenvalue weighted by molar-refractivity contribution is 0.196. The lowest BCUT2D eigenvalue weighted by atomic mass is 10.3. The van der Waals surface area contributed by atoms with Gasteiger partial charge in [0.2, 0.25) is 10.0 Å². The van der Waals surface area contributed by atoms with E-state index in [1.807, 2.05) is 0 Å². The van der Waals surface area contributed by atoms with Gasteiger partial charge in [0.15, 0.2) is 0 Å². The van der Waals surface area contributed by atoms with E-state index in [0.29, 0.717) is 19.6 Å². The number of sulfonamides is 1. The van der Waals surface area contributed by atoms with Crippen LogP contribution in [-0.2, 0) is 19.5 Å². The standard InChI is InChI=1S/C8H18ClNO4S/c1-13-5-6-15(11,12)10-4-3-8(9)7-14-2/h8,10H,3-7H2,1-2H3. The van der Waals surface area contributed by atoms with Gasteiger partial charge in [0.1, 0.15) is 0 Å². The predicted octanol–water partition coefficient (Wildman–Crippen LogP) is 0.196. The summed E-state index contributed by atoms with van der Waals surface area (Å²) in [6.07, 6.45) is 0.543. The van der Waals surface area contributed by atoms with E-state index < -0.39 is 10.0 Å². The molecule has 0 heterocycles. The summed E-state index contributed by atoms with van der Waals surface area (Å²) in [4.78, 5) is 0. The molecule has 0 aliphatic carbocycles. The molecule has 0 bridgehead atoms. The van der Waals surface area contributed by atoms with Gasteiger partial charge < -0.3 is 9.47 Å². The Balaban J connectivity index is 3.65. The van der Waals surface area contributed by atoms with E-state index in [-0.39, 0.29) is 17.7 Å². The van der Waals surface area contributed by atoms with E-state index in [0.717, 1.165) is 0 Å². The molecule has 1 atom stereocenters. The third-order valence-electron chi connectivity index (χ3n) is 1.68. The molecule has 92 valence electrons. The average molecular weight is 260 g/mol. The summed E-state index contributed by atoms with van der Waals surface area (Å²) in [5.41, 5.74) is 0. The van der Waals surface area contributed by atoms with Crippen LogP contribution in [0.3, 0.4) is 0 Å². The molecule has 7 heteroatoms. The van der Waals surface area contributed by atoms with E-state index in [9.17, 15) is 8.42 Å². The van der Waals surface area contributed by atoms with Gasteiger partial charge in [-0.25, -0.2) is 13.1 Å². The fourth-order valence-corrected chi connectivity index (χ4v) is 2.09. The summed E-state index contributed by atoms with van der Waals surface area (Å²) in [5.74, 6) is -0.0271. The Bertz CT molecular complexity index is 245. The summed E-state index contributed by atoms with van der Waals surface area (Å²) in [5, 5.41) is -0.167. The zero-order chi connectivity index (χ0) is 11.7. The largest absolute Gasteiger partial charge is 0.384 e. The number of rotatable bonds is 9. The molecule has 0 saturated carbocycles. The lowest BCUT2D eigenvalue weighted by Crippen LogP contribution is -2.30. The molecule has 0 aliphatic rings. The molecule has 0 fully saturated rings. The van der Waals surface area contributed by atoms with Crippen LogP contribution in [0.5, 0.6) is 0 Å². The molecule has 0 aromatic heterocycles. The first-order valence-electron chi connectivity index (χ1n) is 4.61. The van der Waals surface area contributed by atoms with Crippen LogP contribution in [-0.4, -0.2) is 53.5 Å². The molecular weight excluding hydrogens is 242 g/mol. The minimum absolute atomic E-state index is 0.0271. The number of halogens is 1. The van der Waals surface area contributed by atoms with Gasteiger partial charge in [-0.2, -0.15) is 0 Å². The molecule has 0 amide bonds. The Morgan fingerprint density at radius 1 is 1.33 bits per heavy atom. The van der Waals surface area contributed by atoms with E-state index in [1.54, 1.807) is 7.11 Å². The predicted molar refractivity (Wildman–Crippen MR) is 59.8 cm³/mol. The van der Waals surface area contributed by atoms with Crippen molar-refractivity contribution in [2.24, 2.45) is 0 Å². The topological polar surface area (TPSA) is 64.6 Å². The minimum atomic E-state index is -3.23. The van der Waals surface area contributed by atoms with Crippen LogP contribution >= 0.6 is 11.6 Å². The van der Waals surface area contributed by atoms with Crippen LogP contribution < -0.4 is 4.72 Å². The number of ether oxygens (including phenoxy) is 2. The molecule has 1 N–H and O–H groups in total. The number of nitrogens with one attached hydrogen (secondary N) is 1. The summed E-state index contributed by atoms with van der Waals surface area (Å²) < 4.78 is 34.5. The zero-order valence-corrected chi connectivity index (χ0v) is 10.6. The Morgan fingerprint density at radius 3 is 2.53 bits per heavy atom. The van der Waals surface area contributed by atoms with Crippen molar-refractivity contribution in [3.05, 3.63) is 0 Å². The SMILES string of the molecule is COCCS(=O)(=O)NCCC(Cl)COC. The summed E-state index contributed by atoms with van der Waals surface area (Å²) in [7, 11) is -0.214. The van der Waals surface area contributed by atoms with Crippen LogP contribution in [0.25, 0.3) is 0 Å². The van der Waals surface area contributed by atoms with Crippen molar-refractivity contribution < 1.29 is 17.9 Å². The highest BCUT2D eigenvalue weighted by Crippen LogP contribution is 2.01. The number of hydrogen-bond donors (Lipinski definition) is 1. The first kappa shape index (κ1) is 15.1. The van der Waals surface area contributed by atoms with Gasteiger partial charge in [-0.3, -0.25) is 0 Å². The molecule has 0 spiro atoms. The molecule has 15 heavy (non-hydrogen) atoms. The molecule has 0 rings (SSSR count). The van der Waals surface area contributed by atoms with Gasteiger partial charge in [0, 0.05) is 20.8 Å². The van der Waals surface area contributed by atoms with Crippen molar-refractivity contribution in [2.45, 2.75) is 11.8 Å². The van der Waals surface area contributed by atoms with E-state index in [4.69, 9.17) is 16.3 Å². The fraction of sp³-hybridized carbons (Fsp3) is 1.00. The Morgan fingerprint density at radius 2 is 2.00 bits per heavy atom. The maximum atomic E-state index is 11.3. The second-order valence-corrected chi connectivity index (χ2v) is 5.59. The number of hydrogen-bond acceptors (Lipinski definition) is 4. The molecule has 0 aromatic carbocycles. The molecule has 5 nitrogen and oxygen atoms in total. The number of methoxy groups -OCH3 is 2. The Hall–Kier alpha value is 0.120. The van der Waals surface area contributed by atoms with Crippen molar-refractivity contribution in [1.29, 1.82) is 0 Å². The summed E-state index contributed by atoms with van der Waals surface area (Å²) in [6.45, 7) is 0.933. The van der Waals surface area contributed by atoms with Crippen LogP contribution in [0.2, 0.25) is 0 Å². The first-order valence-corrected chi connectivity index (χ1v) is 6.70. The van der Waals surface area contributed by atoms with E-state index >= 15 is 0 Å². The van der Waals surface area contributed by atoms with Crippen molar-refractivity contribution in [2.75, 3.05) is 39.7 Å². The monoisotopic (exact) mass is 259 g/mol. The molecule has 0 saturated heterocycles. The van der Waals surface area contributed by atoms with Crippen LogP contribution in [0.1, 0.15) is 6.42 Å². The minimum Gasteiger partial charge on any atom is -0.384 e. The van der Waals surface area contributed by atoms with Crippen molar-refractivity contribution >= 4 is 21.6 Å². The molecule has 1 unspecified atom stereocenters. The van der Waals surface area contributed by atoms with Gasteiger partial charge in [-0.05, 0) is 6.42 Å². The average Bonchev–Trinajstić information content (AvgIpc) is 2.15. The molecule has 0 aromatic rings. The molecule has 0 aliphatic heterocycles. The Kier molecular flexibility index (Phi) is 8.36. The van der Waals surface area contributed by atoms with E-state index in [1.165, 1.54) is 7.11 Å². The van der Waals surface area contributed by atoms with Gasteiger partial charge >= 0.3 is 0 Å². The second kappa shape index (κ2) is 8.29. The third kappa shape index (κ3) is 9.07. The van der Waals surface area contributed by atoms with Gasteiger partial charge in [-0.1, -0.05) is 0 Å². The van der Waals surface area contributed by atoms with Gasteiger partial charge in [0.05, 0.1) is 24.3 Å². The molecule has 0 radical (unpaired) electrons. The van der Waals surface area contributed by atoms with Crippen molar-refractivity contribution in [3.8, 4) is 0 Å². The maximum Gasteiger partial charge on any atom is 0.213 e. The van der Waals surface area contributed by atoms with Gasteiger partial charge in [0.25, 0.3) is 0 Å². The highest BCUT2D eigenvalue weighted by molar-refractivity contribution is 7.89. The zero-order valence-electron chi connectivity index (χ0n) is 9.03. The summed E-state index contributed by atoms with van der Waals surface area (Å²) >= 11 is 5.83. The van der Waals surface area contributed by atoms with Crippen molar-refractivity contribution in [1.82, 2.24) is 4.72 Å². The quantitative estimate of drug-likeness (QED) is 0.601. The fourth-order valence-electron chi connectivity index (χ4n) is 0.900. The smallest absolute Gasteiger partial charge is 0.213 e. The summed E-state index contributed by atoms with van der Waals surface area (Å²) in [6, 6.07) is 0. The second-order valence-electron chi connectivity index (χ2n) is 3.05. The van der Waals surface area contributed by atoms with Crippen LogP contribution in [0.4, 0.5) is 0 Å². The first-order chi connectivity index (χ1) is 7.02. The normalized spacial score (nSPS) is 14.1. The van der Waals surface area contributed by atoms with Crippen LogP contribution in [0.15, 0.2) is 0 Å². The highest BCUT2D eigenvalue weighted by Gasteiger charge is 2.10. The number of alkyl halides is 1. The van der Waals surface area contributed by atoms with E-state index in [2.05, 4.69) is 9.46 Å². The van der Waals surface area contributed by atoms with Gasteiger partial charge in [-0.15, -0.1) is 11.6 Å². The maximum absolute atomic E-state index is 11.3. The Labute approximate surface area is 96.1 Å². The lowest BCUT2D eigenvalue weighted by Gasteiger charge is -2.09. The van der Waals surface area contributed by atoms with Crippen molar-refractivity contribution in [3.63, 3.8) is 0 Å². The molecular formula is C8H18ClNO4S.